The molecule has 17 heavy (non-hydrogen) atoms. The maximum atomic E-state index is 11.6. The summed E-state index contributed by atoms with van der Waals surface area (Å²) < 4.78 is 25.5. The Hall–Kier alpha value is -2.11. The smallest absolute Gasteiger partial charge is 0.341 e. The zero-order valence-corrected chi connectivity index (χ0v) is 9.73. The van der Waals surface area contributed by atoms with Gasteiger partial charge in [0.15, 0.2) is 11.5 Å². The monoisotopic (exact) mass is 240 g/mol. The molecule has 0 amide bonds. The van der Waals surface area contributed by atoms with E-state index >= 15 is 0 Å². The van der Waals surface area contributed by atoms with Gasteiger partial charge in [-0.2, -0.15) is 0 Å². The van der Waals surface area contributed by atoms with Crippen molar-refractivity contribution in [3.63, 3.8) is 0 Å². The fourth-order valence-corrected chi connectivity index (χ4v) is 1.64. The van der Waals surface area contributed by atoms with Gasteiger partial charge in [-0.3, -0.25) is 0 Å². The summed E-state index contributed by atoms with van der Waals surface area (Å²) in [6.07, 6.45) is 0. The molecule has 0 unspecified atom stereocenters. The minimum atomic E-state index is -0.529. The molecule has 0 aromatic heterocycles. The molecule has 1 aromatic carbocycles. The van der Waals surface area contributed by atoms with Crippen molar-refractivity contribution in [3.8, 4) is 23.0 Å². The van der Waals surface area contributed by atoms with Crippen LogP contribution in [0.5, 0.6) is 23.0 Å². The second kappa shape index (κ2) is 4.40. The predicted octanol–water partition coefficient (Wildman–Crippen LogP) is 1.22. The average Bonchev–Trinajstić information content (AvgIpc) is 2.83. The predicted molar refractivity (Wildman–Crippen MR) is 57.0 cm³/mol. The van der Waals surface area contributed by atoms with Crippen LogP contribution in [0.1, 0.15) is 10.4 Å². The lowest BCUT2D eigenvalue weighted by molar-refractivity contribution is 0.0596. The van der Waals surface area contributed by atoms with Crippen LogP contribution in [0.4, 0.5) is 0 Å². The molecule has 1 aromatic rings. The molecule has 0 atom stereocenters. The molecule has 1 aliphatic heterocycles. The second-order valence-electron chi connectivity index (χ2n) is 3.22. The van der Waals surface area contributed by atoms with Gasteiger partial charge in [-0.15, -0.1) is 0 Å². The van der Waals surface area contributed by atoms with Crippen LogP contribution in [0.15, 0.2) is 6.07 Å². The van der Waals surface area contributed by atoms with E-state index in [9.17, 15) is 4.79 Å². The van der Waals surface area contributed by atoms with Gasteiger partial charge in [0.2, 0.25) is 18.3 Å². The number of benzene rings is 1. The highest BCUT2D eigenvalue weighted by Gasteiger charge is 2.29. The normalized spacial score (nSPS) is 12.2. The molecule has 0 bridgehead atoms. The number of carbonyl (C=O) groups excluding carboxylic acids is 1. The van der Waals surface area contributed by atoms with E-state index in [1.54, 1.807) is 0 Å². The van der Waals surface area contributed by atoms with Gasteiger partial charge in [0, 0.05) is 6.07 Å². The van der Waals surface area contributed by atoms with Crippen LogP contribution in [-0.2, 0) is 4.74 Å². The topological polar surface area (TPSA) is 63.2 Å². The number of methoxy groups -OCH3 is 3. The van der Waals surface area contributed by atoms with E-state index in [0.29, 0.717) is 17.2 Å². The van der Waals surface area contributed by atoms with Gasteiger partial charge in [-0.05, 0) is 0 Å². The molecule has 0 N–H and O–H groups in total. The Morgan fingerprint density at radius 2 is 1.88 bits per heavy atom. The fraction of sp³-hybridized carbons (Fsp3) is 0.364. The minimum absolute atomic E-state index is 0.0828. The molecular formula is C11H12O6. The molecule has 92 valence electrons. The Balaban J connectivity index is 2.64. The number of carbonyl (C=O) groups is 1. The molecule has 1 aliphatic rings. The molecule has 0 saturated carbocycles. The quantitative estimate of drug-likeness (QED) is 0.740. The molecule has 0 fully saturated rings. The first kappa shape index (κ1) is 11.4. The highest BCUT2D eigenvalue weighted by molar-refractivity contribution is 5.95. The van der Waals surface area contributed by atoms with Crippen LogP contribution in [0.25, 0.3) is 0 Å². The standard InChI is InChI=1S/C11H12O6/c1-13-8-6(11(12)15-3)4-7-9(10(8)14-2)17-5-16-7/h4H,5H2,1-3H3. The fourth-order valence-electron chi connectivity index (χ4n) is 1.64. The number of rotatable bonds is 3. The van der Waals surface area contributed by atoms with Gasteiger partial charge in [0.25, 0.3) is 0 Å². The summed E-state index contributed by atoms with van der Waals surface area (Å²) in [5, 5.41) is 0. The van der Waals surface area contributed by atoms with Crippen LogP contribution in [0.3, 0.4) is 0 Å². The summed E-state index contributed by atoms with van der Waals surface area (Å²) >= 11 is 0. The molecule has 0 radical (unpaired) electrons. The Labute approximate surface area is 98.0 Å². The van der Waals surface area contributed by atoms with Gasteiger partial charge < -0.3 is 23.7 Å². The summed E-state index contributed by atoms with van der Waals surface area (Å²) in [5.74, 6) is 0.921. The third kappa shape index (κ3) is 1.71. The summed E-state index contributed by atoms with van der Waals surface area (Å²) in [7, 11) is 4.19. The van der Waals surface area contributed by atoms with Gasteiger partial charge in [0.05, 0.1) is 21.3 Å². The lowest BCUT2D eigenvalue weighted by Crippen LogP contribution is -2.05. The largest absolute Gasteiger partial charge is 0.492 e. The van der Waals surface area contributed by atoms with Gasteiger partial charge in [-0.25, -0.2) is 4.79 Å². The van der Waals surface area contributed by atoms with Crippen molar-refractivity contribution in [3.05, 3.63) is 11.6 Å². The highest BCUT2D eigenvalue weighted by Crippen LogP contribution is 2.48. The third-order valence-electron chi connectivity index (χ3n) is 2.39. The Morgan fingerprint density at radius 1 is 1.18 bits per heavy atom. The maximum Gasteiger partial charge on any atom is 0.341 e. The van der Waals surface area contributed by atoms with E-state index < -0.39 is 5.97 Å². The molecule has 2 rings (SSSR count). The molecule has 6 heteroatoms. The van der Waals surface area contributed by atoms with Crippen molar-refractivity contribution in [2.24, 2.45) is 0 Å². The summed E-state index contributed by atoms with van der Waals surface area (Å²) in [5.41, 5.74) is 0.233. The summed E-state index contributed by atoms with van der Waals surface area (Å²) in [6.45, 7) is 0.0828. The Kier molecular flexibility index (Phi) is 2.95. The third-order valence-corrected chi connectivity index (χ3v) is 2.39. The van der Waals surface area contributed by atoms with Gasteiger partial charge in [-0.1, -0.05) is 0 Å². The van der Waals surface area contributed by atoms with Crippen LogP contribution in [0.2, 0.25) is 0 Å². The number of ether oxygens (including phenoxy) is 5. The lowest BCUT2D eigenvalue weighted by Gasteiger charge is -2.13. The van der Waals surface area contributed by atoms with Crippen molar-refractivity contribution in [1.29, 1.82) is 0 Å². The number of hydrogen-bond acceptors (Lipinski definition) is 6. The SMILES string of the molecule is COC(=O)c1cc2c(c(OC)c1OC)OCO2. The molecule has 0 saturated heterocycles. The van der Waals surface area contributed by atoms with E-state index in [1.807, 2.05) is 0 Å². The molecular weight excluding hydrogens is 228 g/mol. The number of hydrogen-bond donors (Lipinski definition) is 0. The lowest BCUT2D eigenvalue weighted by atomic mass is 10.1. The van der Waals surface area contributed by atoms with Crippen molar-refractivity contribution in [1.82, 2.24) is 0 Å². The molecule has 0 spiro atoms. The number of esters is 1. The van der Waals surface area contributed by atoms with Crippen LogP contribution >= 0.6 is 0 Å². The molecule has 0 aliphatic carbocycles. The zero-order chi connectivity index (χ0) is 12.4. The Bertz CT molecular complexity index is 454. The first-order chi connectivity index (χ1) is 8.22. The highest BCUT2D eigenvalue weighted by atomic mass is 16.7. The molecule has 6 nitrogen and oxygen atoms in total. The van der Waals surface area contributed by atoms with Crippen LogP contribution in [-0.4, -0.2) is 34.1 Å². The van der Waals surface area contributed by atoms with E-state index in [2.05, 4.69) is 4.74 Å². The van der Waals surface area contributed by atoms with Crippen molar-refractivity contribution >= 4 is 5.97 Å². The second-order valence-corrected chi connectivity index (χ2v) is 3.22. The van der Waals surface area contributed by atoms with E-state index in [0.717, 1.165) is 0 Å². The summed E-state index contributed by atoms with van der Waals surface area (Å²) in [6, 6.07) is 1.51. The van der Waals surface area contributed by atoms with Crippen molar-refractivity contribution in [2.45, 2.75) is 0 Å². The van der Waals surface area contributed by atoms with Crippen LogP contribution < -0.4 is 18.9 Å². The van der Waals surface area contributed by atoms with E-state index in [-0.39, 0.29) is 18.1 Å². The average molecular weight is 240 g/mol. The first-order valence-corrected chi connectivity index (χ1v) is 4.85. The van der Waals surface area contributed by atoms with E-state index in [1.165, 1.54) is 27.4 Å². The number of fused-ring (bicyclic) bond motifs is 1. The summed E-state index contributed by atoms with van der Waals surface area (Å²) in [4.78, 5) is 11.6. The Morgan fingerprint density at radius 3 is 2.47 bits per heavy atom. The van der Waals surface area contributed by atoms with Gasteiger partial charge >= 0.3 is 5.97 Å². The van der Waals surface area contributed by atoms with Crippen LogP contribution in [0, 0.1) is 0 Å². The van der Waals surface area contributed by atoms with E-state index in [4.69, 9.17) is 18.9 Å². The first-order valence-electron chi connectivity index (χ1n) is 4.85. The molecule has 1 heterocycles. The minimum Gasteiger partial charge on any atom is -0.492 e. The van der Waals surface area contributed by atoms with Crippen molar-refractivity contribution < 1.29 is 28.5 Å². The maximum absolute atomic E-state index is 11.6. The van der Waals surface area contributed by atoms with Crippen molar-refractivity contribution in [2.75, 3.05) is 28.1 Å². The zero-order valence-electron chi connectivity index (χ0n) is 9.73. The van der Waals surface area contributed by atoms with Gasteiger partial charge in [0.1, 0.15) is 5.56 Å².